The first kappa shape index (κ1) is 14.3. The van der Waals surface area contributed by atoms with E-state index in [4.69, 9.17) is 5.11 Å². The molecule has 1 aromatic rings. The van der Waals surface area contributed by atoms with Crippen LogP contribution in [0.5, 0.6) is 0 Å². The van der Waals surface area contributed by atoms with Crippen LogP contribution in [0.15, 0.2) is 5.16 Å². The molecular formula is C11H19N5O2S. The summed E-state index contributed by atoms with van der Waals surface area (Å²) >= 11 is 1.52. The van der Waals surface area contributed by atoms with E-state index in [1.807, 2.05) is 11.6 Å². The fraction of sp³-hybridized carbons (Fsp3) is 0.818. The van der Waals surface area contributed by atoms with Gasteiger partial charge >= 0.3 is 5.97 Å². The molecule has 2 N–H and O–H groups in total. The van der Waals surface area contributed by atoms with Gasteiger partial charge in [-0.25, -0.2) is 4.68 Å². The lowest BCUT2D eigenvalue weighted by molar-refractivity contribution is -0.139. The number of nitrogens with one attached hydrogen (secondary N) is 1. The lowest BCUT2D eigenvalue weighted by Crippen LogP contribution is -2.37. The molecule has 0 aliphatic heterocycles. The molecule has 106 valence electrons. The number of rotatable bonds is 9. The second-order valence-corrected chi connectivity index (χ2v) is 5.68. The predicted octanol–water partition coefficient (Wildman–Crippen LogP) is 0.943. The van der Waals surface area contributed by atoms with E-state index in [9.17, 15) is 4.79 Å². The monoisotopic (exact) mass is 285 g/mol. The SMILES string of the molecule is CCCNC(CCSc1nnnn1C1CC1)C(=O)O. The Balaban J connectivity index is 1.77. The highest BCUT2D eigenvalue weighted by atomic mass is 32.2. The number of thioether (sulfide) groups is 1. The summed E-state index contributed by atoms with van der Waals surface area (Å²) in [6, 6.07) is -0.0382. The predicted molar refractivity (Wildman–Crippen MR) is 71.1 cm³/mol. The minimum atomic E-state index is -0.796. The maximum Gasteiger partial charge on any atom is 0.320 e. The van der Waals surface area contributed by atoms with E-state index in [0.717, 1.165) is 31.0 Å². The fourth-order valence-electron chi connectivity index (χ4n) is 1.73. The Labute approximate surface area is 116 Å². The van der Waals surface area contributed by atoms with Gasteiger partial charge in [0.05, 0.1) is 6.04 Å². The van der Waals surface area contributed by atoms with Gasteiger partial charge < -0.3 is 10.4 Å². The molecular weight excluding hydrogens is 266 g/mol. The Morgan fingerprint density at radius 2 is 2.42 bits per heavy atom. The Bertz CT molecular complexity index is 421. The van der Waals surface area contributed by atoms with Gasteiger partial charge in [0.1, 0.15) is 6.04 Å². The molecule has 1 aliphatic rings. The van der Waals surface area contributed by atoms with E-state index in [0.29, 0.717) is 18.2 Å². The van der Waals surface area contributed by atoms with Gasteiger partial charge in [-0.3, -0.25) is 4.79 Å². The second-order valence-electron chi connectivity index (χ2n) is 4.62. The summed E-state index contributed by atoms with van der Waals surface area (Å²) in [6.07, 6.45) is 3.76. The van der Waals surface area contributed by atoms with Gasteiger partial charge in [-0.2, -0.15) is 0 Å². The molecule has 1 atom stereocenters. The molecule has 0 saturated heterocycles. The summed E-state index contributed by atoms with van der Waals surface area (Å²) in [7, 11) is 0. The quantitative estimate of drug-likeness (QED) is 0.652. The third-order valence-electron chi connectivity index (χ3n) is 2.93. The summed E-state index contributed by atoms with van der Waals surface area (Å²) in [5, 5.41) is 24.5. The number of tetrazole rings is 1. The Morgan fingerprint density at radius 1 is 1.63 bits per heavy atom. The number of nitrogens with zero attached hydrogens (tertiary/aromatic N) is 4. The summed E-state index contributed by atoms with van der Waals surface area (Å²) < 4.78 is 1.85. The minimum absolute atomic E-state index is 0.450. The van der Waals surface area contributed by atoms with E-state index < -0.39 is 12.0 Å². The van der Waals surface area contributed by atoms with Crippen LogP contribution < -0.4 is 5.32 Å². The molecule has 1 aromatic heterocycles. The van der Waals surface area contributed by atoms with Gasteiger partial charge in [0.25, 0.3) is 0 Å². The van der Waals surface area contributed by atoms with E-state index >= 15 is 0 Å². The van der Waals surface area contributed by atoms with Crippen molar-refractivity contribution in [2.45, 2.75) is 49.8 Å². The number of aliphatic carboxylic acids is 1. The van der Waals surface area contributed by atoms with Crippen LogP contribution in [0.25, 0.3) is 0 Å². The van der Waals surface area contributed by atoms with Crippen LogP contribution in [0.1, 0.15) is 38.6 Å². The third kappa shape index (κ3) is 4.17. The molecule has 1 aliphatic carbocycles. The highest BCUT2D eigenvalue weighted by molar-refractivity contribution is 7.99. The van der Waals surface area contributed by atoms with Gasteiger partial charge in [0.15, 0.2) is 0 Å². The highest BCUT2D eigenvalue weighted by Crippen LogP contribution is 2.36. The van der Waals surface area contributed by atoms with Gasteiger partial charge in [-0.05, 0) is 42.7 Å². The maximum absolute atomic E-state index is 11.1. The van der Waals surface area contributed by atoms with Crippen molar-refractivity contribution in [1.82, 2.24) is 25.5 Å². The molecule has 1 unspecified atom stereocenters. The van der Waals surface area contributed by atoms with Crippen molar-refractivity contribution in [1.29, 1.82) is 0 Å². The number of aromatic nitrogens is 4. The largest absolute Gasteiger partial charge is 0.480 e. The Kier molecular flexibility index (Phi) is 5.15. The van der Waals surface area contributed by atoms with Crippen molar-refractivity contribution in [3.63, 3.8) is 0 Å². The van der Waals surface area contributed by atoms with Crippen molar-refractivity contribution in [3.8, 4) is 0 Å². The lowest BCUT2D eigenvalue weighted by atomic mass is 10.2. The van der Waals surface area contributed by atoms with E-state index in [1.165, 1.54) is 11.8 Å². The molecule has 1 heterocycles. The average Bonchev–Trinajstić information content (AvgIpc) is 3.13. The first-order valence-corrected chi connectivity index (χ1v) is 7.57. The van der Waals surface area contributed by atoms with Crippen molar-refractivity contribution in [3.05, 3.63) is 0 Å². The molecule has 0 aromatic carbocycles. The molecule has 1 fully saturated rings. The Morgan fingerprint density at radius 3 is 3.05 bits per heavy atom. The molecule has 0 radical (unpaired) electrons. The molecule has 19 heavy (non-hydrogen) atoms. The number of carbonyl (C=O) groups is 1. The normalized spacial score (nSPS) is 16.5. The molecule has 0 amide bonds. The van der Waals surface area contributed by atoms with Crippen LogP contribution in [0.4, 0.5) is 0 Å². The first-order chi connectivity index (χ1) is 9.22. The molecule has 0 spiro atoms. The van der Waals surface area contributed by atoms with E-state index in [-0.39, 0.29) is 0 Å². The topological polar surface area (TPSA) is 92.9 Å². The lowest BCUT2D eigenvalue weighted by Gasteiger charge is -2.13. The minimum Gasteiger partial charge on any atom is -0.480 e. The maximum atomic E-state index is 11.1. The van der Waals surface area contributed by atoms with Gasteiger partial charge in [-0.1, -0.05) is 18.7 Å². The Hall–Kier alpha value is -1.15. The molecule has 0 bridgehead atoms. The van der Waals surface area contributed by atoms with Crippen molar-refractivity contribution >= 4 is 17.7 Å². The van der Waals surface area contributed by atoms with Crippen LogP contribution in [0, 0.1) is 0 Å². The zero-order valence-electron chi connectivity index (χ0n) is 10.9. The number of carboxylic acid groups (broad SMARTS) is 1. The van der Waals surface area contributed by atoms with Crippen molar-refractivity contribution in [2.75, 3.05) is 12.3 Å². The molecule has 2 rings (SSSR count). The van der Waals surface area contributed by atoms with Crippen LogP contribution in [0.2, 0.25) is 0 Å². The fourth-order valence-corrected chi connectivity index (χ4v) is 2.68. The average molecular weight is 285 g/mol. The first-order valence-electron chi connectivity index (χ1n) is 6.59. The summed E-state index contributed by atoms with van der Waals surface area (Å²) in [5.74, 6) is -0.100. The van der Waals surface area contributed by atoms with Crippen LogP contribution in [-0.2, 0) is 4.79 Å². The van der Waals surface area contributed by atoms with E-state index in [2.05, 4.69) is 20.8 Å². The van der Waals surface area contributed by atoms with Crippen LogP contribution in [0.3, 0.4) is 0 Å². The second kappa shape index (κ2) is 6.85. The number of carboxylic acids is 1. The van der Waals surface area contributed by atoms with Crippen LogP contribution in [-0.4, -0.2) is 49.6 Å². The third-order valence-corrected chi connectivity index (χ3v) is 3.90. The van der Waals surface area contributed by atoms with Gasteiger partial charge in [0, 0.05) is 5.75 Å². The standard InChI is InChI=1S/C11H19N5O2S/c1-2-6-12-9(10(17)18)5-7-19-11-13-14-15-16(11)8-3-4-8/h8-9,12H,2-7H2,1H3,(H,17,18). The zero-order chi connectivity index (χ0) is 13.7. The van der Waals surface area contributed by atoms with Crippen molar-refractivity contribution < 1.29 is 9.90 Å². The van der Waals surface area contributed by atoms with Gasteiger partial charge in [-0.15, -0.1) is 5.10 Å². The van der Waals surface area contributed by atoms with E-state index in [1.54, 1.807) is 0 Å². The van der Waals surface area contributed by atoms with Crippen LogP contribution >= 0.6 is 11.8 Å². The molecule has 8 heteroatoms. The molecule has 7 nitrogen and oxygen atoms in total. The number of hydrogen-bond donors (Lipinski definition) is 2. The highest BCUT2D eigenvalue weighted by Gasteiger charge is 2.28. The summed E-state index contributed by atoms with van der Waals surface area (Å²) in [6.45, 7) is 2.74. The number of hydrogen-bond acceptors (Lipinski definition) is 6. The smallest absolute Gasteiger partial charge is 0.320 e. The summed E-state index contributed by atoms with van der Waals surface area (Å²) in [4.78, 5) is 11.1. The zero-order valence-corrected chi connectivity index (χ0v) is 11.8. The summed E-state index contributed by atoms with van der Waals surface area (Å²) in [5.41, 5.74) is 0. The van der Waals surface area contributed by atoms with Gasteiger partial charge in [0.2, 0.25) is 5.16 Å². The van der Waals surface area contributed by atoms with Crippen molar-refractivity contribution in [2.24, 2.45) is 0 Å². The molecule has 1 saturated carbocycles.